The summed E-state index contributed by atoms with van der Waals surface area (Å²) in [5.41, 5.74) is 5.36. The maximum Gasteiger partial charge on any atom is 0.416 e. The van der Waals surface area contributed by atoms with Crippen LogP contribution in [0.3, 0.4) is 0 Å². The first-order valence-electron chi connectivity index (χ1n) is 5.48. The van der Waals surface area contributed by atoms with E-state index in [2.05, 4.69) is 5.32 Å². The van der Waals surface area contributed by atoms with Crippen molar-refractivity contribution >= 4 is 5.69 Å². The fourth-order valence-corrected chi connectivity index (χ4v) is 1.50. The second kappa shape index (κ2) is 5.40. The summed E-state index contributed by atoms with van der Waals surface area (Å²) < 4.78 is 37.5. The van der Waals surface area contributed by atoms with Gasteiger partial charge in [0.25, 0.3) is 0 Å². The third kappa shape index (κ3) is 3.93. The Hall–Kier alpha value is -1.23. The average Bonchev–Trinajstić information content (AvgIpc) is 2.24. The molecule has 17 heavy (non-hydrogen) atoms. The van der Waals surface area contributed by atoms with Crippen molar-refractivity contribution in [2.24, 2.45) is 11.7 Å². The van der Waals surface area contributed by atoms with Crippen LogP contribution in [0.15, 0.2) is 24.3 Å². The Morgan fingerprint density at radius 2 is 1.94 bits per heavy atom. The van der Waals surface area contributed by atoms with E-state index in [1.807, 2.05) is 13.8 Å². The number of benzene rings is 1. The molecule has 0 aliphatic rings. The predicted octanol–water partition coefficient (Wildman–Crippen LogP) is 3.10. The molecule has 0 bridgehead atoms. The van der Waals surface area contributed by atoms with Crippen LogP contribution in [-0.4, -0.2) is 12.6 Å². The molecule has 1 rings (SSSR count). The van der Waals surface area contributed by atoms with Crippen LogP contribution < -0.4 is 11.1 Å². The molecule has 1 aromatic rings. The third-order valence-electron chi connectivity index (χ3n) is 2.60. The van der Waals surface area contributed by atoms with Gasteiger partial charge in [-0.2, -0.15) is 13.2 Å². The van der Waals surface area contributed by atoms with Gasteiger partial charge in [-0.15, -0.1) is 0 Å². The lowest BCUT2D eigenvalue weighted by Crippen LogP contribution is -2.33. The lowest BCUT2D eigenvalue weighted by Gasteiger charge is -2.22. The molecule has 0 spiro atoms. The van der Waals surface area contributed by atoms with Crippen LogP contribution in [-0.2, 0) is 6.18 Å². The van der Waals surface area contributed by atoms with Crippen molar-refractivity contribution in [2.75, 3.05) is 11.9 Å². The van der Waals surface area contributed by atoms with Crippen molar-refractivity contribution in [3.05, 3.63) is 29.8 Å². The zero-order chi connectivity index (χ0) is 13.1. The standard InChI is InChI=1S/C12H17F3N2/c1-8(2)11(7-16)17-10-5-3-4-9(6-10)12(13,14)15/h3-6,8,11,17H,7,16H2,1-2H3. The van der Waals surface area contributed by atoms with Gasteiger partial charge in [0, 0.05) is 18.3 Å². The van der Waals surface area contributed by atoms with Crippen LogP contribution >= 0.6 is 0 Å². The summed E-state index contributed by atoms with van der Waals surface area (Å²) in [5.74, 6) is 0.259. The number of nitrogens with two attached hydrogens (primary N) is 1. The van der Waals surface area contributed by atoms with Crippen LogP contribution in [0.5, 0.6) is 0 Å². The van der Waals surface area contributed by atoms with E-state index in [0.717, 1.165) is 12.1 Å². The summed E-state index contributed by atoms with van der Waals surface area (Å²) in [6, 6.07) is 5.13. The highest BCUT2D eigenvalue weighted by atomic mass is 19.4. The summed E-state index contributed by atoms with van der Waals surface area (Å²) in [5, 5.41) is 3.02. The topological polar surface area (TPSA) is 38.0 Å². The molecule has 0 heterocycles. The van der Waals surface area contributed by atoms with E-state index >= 15 is 0 Å². The maximum atomic E-state index is 12.5. The molecule has 0 saturated carbocycles. The lowest BCUT2D eigenvalue weighted by atomic mass is 10.0. The molecule has 0 radical (unpaired) electrons. The normalized spacial score (nSPS) is 13.8. The van der Waals surface area contributed by atoms with Gasteiger partial charge in [-0.3, -0.25) is 0 Å². The molecule has 96 valence electrons. The minimum Gasteiger partial charge on any atom is -0.381 e. The number of alkyl halides is 3. The first-order valence-corrected chi connectivity index (χ1v) is 5.48. The minimum absolute atomic E-state index is 0.0292. The highest BCUT2D eigenvalue weighted by Gasteiger charge is 2.30. The first kappa shape index (κ1) is 13.8. The number of anilines is 1. The van der Waals surface area contributed by atoms with Gasteiger partial charge in [0.1, 0.15) is 0 Å². The summed E-state index contributed by atoms with van der Waals surface area (Å²) in [6.07, 6.45) is -4.31. The van der Waals surface area contributed by atoms with Crippen molar-refractivity contribution in [1.82, 2.24) is 0 Å². The Balaban J connectivity index is 2.85. The molecule has 1 atom stereocenters. The second-order valence-corrected chi connectivity index (χ2v) is 4.31. The van der Waals surface area contributed by atoms with E-state index in [1.165, 1.54) is 6.07 Å². The second-order valence-electron chi connectivity index (χ2n) is 4.31. The molecule has 0 fully saturated rings. The SMILES string of the molecule is CC(C)C(CN)Nc1cccc(C(F)(F)F)c1. The molecule has 0 aromatic heterocycles. The van der Waals surface area contributed by atoms with Gasteiger partial charge >= 0.3 is 6.18 Å². The number of hydrogen-bond acceptors (Lipinski definition) is 2. The quantitative estimate of drug-likeness (QED) is 0.856. The number of nitrogens with one attached hydrogen (secondary N) is 1. The average molecular weight is 246 g/mol. The maximum absolute atomic E-state index is 12.5. The van der Waals surface area contributed by atoms with Crippen molar-refractivity contribution in [2.45, 2.75) is 26.1 Å². The molecule has 1 aromatic carbocycles. The van der Waals surface area contributed by atoms with Crippen LogP contribution in [0.2, 0.25) is 0 Å². The third-order valence-corrected chi connectivity index (χ3v) is 2.60. The molecule has 2 nitrogen and oxygen atoms in total. The molecular weight excluding hydrogens is 229 g/mol. The van der Waals surface area contributed by atoms with E-state index in [9.17, 15) is 13.2 Å². The van der Waals surface area contributed by atoms with Gasteiger partial charge in [0.2, 0.25) is 0 Å². The van der Waals surface area contributed by atoms with Crippen LogP contribution in [0.25, 0.3) is 0 Å². The lowest BCUT2D eigenvalue weighted by molar-refractivity contribution is -0.137. The highest BCUT2D eigenvalue weighted by molar-refractivity contribution is 5.47. The number of rotatable bonds is 4. The Labute approximate surface area is 99.0 Å². The summed E-state index contributed by atoms with van der Waals surface area (Å²) in [6.45, 7) is 4.32. The molecule has 0 amide bonds. The zero-order valence-electron chi connectivity index (χ0n) is 9.88. The highest BCUT2D eigenvalue weighted by Crippen LogP contribution is 2.30. The van der Waals surface area contributed by atoms with E-state index in [4.69, 9.17) is 5.73 Å². The van der Waals surface area contributed by atoms with Crippen molar-refractivity contribution in [3.8, 4) is 0 Å². The van der Waals surface area contributed by atoms with E-state index in [1.54, 1.807) is 6.07 Å². The fourth-order valence-electron chi connectivity index (χ4n) is 1.50. The van der Waals surface area contributed by atoms with Gasteiger partial charge in [-0.05, 0) is 24.1 Å². The van der Waals surface area contributed by atoms with Crippen LogP contribution in [0.4, 0.5) is 18.9 Å². The Morgan fingerprint density at radius 1 is 1.29 bits per heavy atom. The largest absolute Gasteiger partial charge is 0.416 e. The summed E-state index contributed by atoms with van der Waals surface area (Å²) >= 11 is 0. The molecular formula is C12H17F3N2. The van der Waals surface area contributed by atoms with Crippen LogP contribution in [0.1, 0.15) is 19.4 Å². The summed E-state index contributed by atoms with van der Waals surface area (Å²) in [4.78, 5) is 0. The van der Waals surface area contributed by atoms with Gasteiger partial charge in [-0.1, -0.05) is 19.9 Å². The Morgan fingerprint density at radius 3 is 2.41 bits per heavy atom. The van der Waals surface area contributed by atoms with E-state index < -0.39 is 11.7 Å². The Bertz CT molecular complexity index is 361. The van der Waals surface area contributed by atoms with Crippen molar-refractivity contribution in [1.29, 1.82) is 0 Å². The first-order chi connectivity index (χ1) is 7.84. The van der Waals surface area contributed by atoms with Gasteiger partial charge < -0.3 is 11.1 Å². The van der Waals surface area contributed by atoms with Crippen LogP contribution in [0, 0.1) is 5.92 Å². The molecule has 0 aliphatic carbocycles. The predicted molar refractivity (Wildman–Crippen MR) is 62.7 cm³/mol. The molecule has 1 unspecified atom stereocenters. The van der Waals surface area contributed by atoms with Crippen molar-refractivity contribution < 1.29 is 13.2 Å². The summed E-state index contributed by atoms with van der Waals surface area (Å²) in [7, 11) is 0. The Kier molecular flexibility index (Phi) is 4.40. The van der Waals surface area contributed by atoms with Gasteiger partial charge in [0.15, 0.2) is 0 Å². The zero-order valence-corrected chi connectivity index (χ0v) is 9.88. The number of hydrogen-bond donors (Lipinski definition) is 2. The van der Waals surface area contributed by atoms with E-state index in [0.29, 0.717) is 12.2 Å². The fraction of sp³-hybridized carbons (Fsp3) is 0.500. The smallest absolute Gasteiger partial charge is 0.381 e. The minimum atomic E-state index is -4.31. The molecule has 0 aliphatic heterocycles. The monoisotopic (exact) mass is 246 g/mol. The van der Waals surface area contributed by atoms with Crippen molar-refractivity contribution in [3.63, 3.8) is 0 Å². The van der Waals surface area contributed by atoms with E-state index in [-0.39, 0.29) is 12.0 Å². The molecule has 5 heteroatoms. The van der Waals surface area contributed by atoms with Gasteiger partial charge in [0.05, 0.1) is 5.56 Å². The molecule has 0 saturated heterocycles. The number of halogens is 3. The molecule has 3 N–H and O–H groups in total. The van der Waals surface area contributed by atoms with Gasteiger partial charge in [-0.25, -0.2) is 0 Å².